The van der Waals surface area contributed by atoms with Crippen molar-refractivity contribution in [2.45, 2.75) is 19.3 Å². The molecule has 2 aliphatic rings. The third-order valence-corrected chi connectivity index (χ3v) is 4.44. The standard InChI is InChI=1S/C17H24FN3O3/c18-11-17(4-8-22-9-5-17)12-20-16(19)21-13-2-3-14-15(10-13)24-7-1-6-23-14/h2-3,10H,1,4-9,11-12H2,(H3,19,20,21). The maximum Gasteiger partial charge on any atom is 0.193 e. The molecule has 2 heterocycles. The van der Waals surface area contributed by atoms with E-state index >= 15 is 0 Å². The lowest BCUT2D eigenvalue weighted by Crippen LogP contribution is -2.36. The molecule has 24 heavy (non-hydrogen) atoms. The molecule has 6 nitrogen and oxygen atoms in total. The van der Waals surface area contributed by atoms with Crippen molar-refractivity contribution < 1.29 is 18.6 Å². The first kappa shape index (κ1) is 16.8. The number of nitrogens with zero attached hydrogens (tertiary/aromatic N) is 1. The van der Waals surface area contributed by atoms with Gasteiger partial charge in [0.05, 0.1) is 26.4 Å². The fourth-order valence-corrected chi connectivity index (χ4v) is 2.82. The molecule has 0 radical (unpaired) electrons. The average Bonchev–Trinajstić information content (AvgIpc) is 2.86. The molecule has 7 heteroatoms. The molecular weight excluding hydrogens is 313 g/mol. The van der Waals surface area contributed by atoms with Crippen molar-refractivity contribution >= 4 is 11.6 Å². The Morgan fingerprint density at radius 1 is 1.17 bits per heavy atom. The van der Waals surface area contributed by atoms with Gasteiger partial charge in [0.15, 0.2) is 17.5 Å². The van der Waals surface area contributed by atoms with Crippen LogP contribution in [0, 0.1) is 5.41 Å². The zero-order chi connectivity index (χ0) is 16.8. The lowest BCUT2D eigenvalue weighted by Gasteiger charge is -2.33. The van der Waals surface area contributed by atoms with Crippen LogP contribution in [0.1, 0.15) is 19.3 Å². The summed E-state index contributed by atoms with van der Waals surface area (Å²) in [5.41, 5.74) is 6.27. The Morgan fingerprint density at radius 3 is 2.67 bits per heavy atom. The molecule has 1 aromatic carbocycles. The SMILES string of the molecule is NC(=NCC1(CF)CCOCC1)Nc1ccc2c(c1)OCCCO2. The first-order chi connectivity index (χ1) is 11.7. The number of nitrogens with one attached hydrogen (secondary N) is 1. The third-order valence-electron chi connectivity index (χ3n) is 4.44. The Bertz CT molecular complexity index is 588. The van der Waals surface area contributed by atoms with Crippen LogP contribution in [0.5, 0.6) is 11.5 Å². The maximum absolute atomic E-state index is 13.4. The first-order valence-corrected chi connectivity index (χ1v) is 8.31. The number of anilines is 1. The topological polar surface area (TPSA) is 78.1 Å². The molecule has 3 N–H and O–H groups in total. The zero-order valence-electron chi connectivity index (χ0n) is 13.7. The molecule has 0 aliphatic carbocycles. The van der Waals surface area contributed by atoms with Crippen molar-refractivity contribution in [3.8, 4) is 11.5 Å². The van der Waals surface area contributed by atoms with Crippen molar-refractivity contribution in [2.75, 3.05) is 45.0 Å². The van der Waals surface area contributed by atoms with E-state index in [1.165, 1.54) is 0 Å². The van der Waals surface area contributed by atoms with Crippen LogP contribution in [-0.4, -0.2) is 45.6 Å². The van der Waals surface area contributed by atoms with Crippen LogP contribution in [0.25, 0.3) is 0 Å². The minimum atomic E-state index is -0.449. The smallest absolute Gasteiger partial charge is 0.193 e. The van der Waals surface area contributed by atoms with Crippen molar-refractivity contribution in [1.29, 1.82) is 0 Å². The number of fused-ring (bicyclic) bond motifs is 1. The zero-order valence-corrected chi connectivity index (χ0v) is 13.7. The van der Waals surface area contributed by atoms with Crippen molar-refractivity contribution in [3.63, 3.8) is 0 Å². The van der Waals surface area contributed by atoms with E-state index in [-0.39, 0.29) is 5.96 Å². The van der Waals surface area contributed by atoms with Gasteiger partial charge < -0.3 is 25.3 Å². The molecule has 3 rings (SSSR count). The van der Waals surface area contributed by atoms with E-state index in [1.807, 2.05) is 18.2 Å². The molecular formula is C17H24FN3O3. The second-order valence-electron chi connectivity index (χ2n) is 6.28. The normalized spacial score (nSPS) is 20.3. The van der Waals surface area contributed by atoms with Crippen molar-refractivity contribution in [2.24, 2.45) is 16.1 Å². The van der Waals surface area contributed by atoms with E-state index in [9.17, 15) is 4.39 Å². The van der Waals surface area contributed by atoms with Gasteiger partial charge in [-0.05, 0) is 25.0 Å². The summed E-state index contributed by atoms with van der Waals surface area (Å²) >= 11 is 0. The highest BCUT2D eigenvalue weighted by atomic mass is 19.1. The summed E-state index contributed by atoms with van der Waals surface area (Å²) < 4.78 is 30.0. The van der Waals surface area contributed by atoms with Crippen LogP contribution in [0.3, 0.4) is 0 Å². The molecule has 1 fully saturated rings. The number of aliphatic imine (C=N–C) groups is 1. The number of nitrogens with two attached hydrogens (primary N) is 1. The molecule has 1 saturated heterocycles. The Morgan fingerprint density at radius 2 is 1.92 bits per heavy atom. The lowest BCUT2D eigenvalue weighted by molar-refractivity contribution is 0.00696. The first-order valence-electron chi connectivity index (χ1n) is 8.31. The Kier molecular flexibility index (Phi) is 5.40. The molecule has 0 unspecified atom stereocenters. The summed E-state index contributed by atoms with van der Waals surface area (Å²) in [6.45, 7) is 2.39. The molecule has 0 aromatic heterocycles. The summed E-state index contributed by atoms with van der Waals surface area (Å²) in [6, 6.07) is 5.54. The number of guanidine groups is 1. The van der Waals surface area contributed by atoms with Crippen molar-refractivity contribution in [1.82, 2.24) is 0 Å². The van der Waals surface area contributed by atoms with Crippen LogP contribution >= 0.6 is 0 Å². The molecule has 0 spiro atoms. The highest BCUT2D eigenvalue weighted by Gasteiger charge is 2.32. The van der Waals surface area contributed by atoms with E-state index in [1.54, 1.807) is 0 Å². The van der Waals surface area contributed by atoms with Gasteiger partial charge in [0.1, 0.15) is 0 Å². The van der Waals surface area contributed by atoms with Crippen LogP contribution in [0.15, 0.2) is 23.2 Å². The van der Waals surface area contributed by atoms with Gasteiger partial charge in [0, 0.05) is 36.8 Å². The molecule has 0 atom stereocenters. The summed E-state index contributed by atoms with van der Waals surface area (Å²) in [5, 5.41) is 3.03. The monoisotopic (exact) mass is 337 g/mol. The van der Waals surface area contributed by atoms with E-state index < -0.39 is 12.1 Å². The largest absolute Gasteiger partial charge is 0.490 e. The summed E-state index contributed by atoms with van der Waals surface area (Å²) in [5.74, 6) is 1.69. The van der Waals surface area contributed by atoms with E-state index in [4.69, 9.17) is 19.9 Å². The minimum absolute atomic E-state index is 0.267. The number of ether oxygens (including phenoxy) is 3. The second-order valence-corrected chi connectivity index (χ2v) is 6.28. The van der Waals surface area contributed by atoms with Gasteiger partial charge in [-0.3, -0.25) is 9.38 Å². The molecule has 132 valence electrons. The van der Waals surface area contributed by atoms with E-state index in [2.05, 4.69) is 10.3 Å². The number of hydrogen-bond donors (Lipinski definition) is 2. The quantitative estimate of drug-likeness (QED) is 0.651. The molecule has 0 saturated carbocycles. The highest BCUT2D eigenvalue weighted by Crippen LogP contribution is 2.33. The Balaban J connectivity index is 1.63. The number of benzene rings is 1. The number of hydrogen-bond acceptors (Lipinski definition) is 4. The van der Waals surface area contributed by atoms with Gasteiger partial charge in [-0.1, -0.05) is 0 Å². The Labute approximate surface area is 141 Å². The van der Waals surface area contributed by atoms with E-state index in [0.717, 1.165) is 17.9 Å². The fraction of sp³-hybridized carbons (Fsp3) is 0.588. The molecule has 0 amide bonds. The van der Waals surface area contributed by atoms with Crippen molar-refractivity contribution in [3.05, 3.63) is 18.2 Å². The van der Waals surface area contributed by atoms with Gasteiger partial charge in [-0.25, -0.2) is 0 Å². The summed E-state index contributed by atoms with van der Waals surface area (Å²) in [4.78, 5) is 4.33. The lowest BCUT2D eigenvalue weighted by atomic mass is 9.82. The van der Waals surface area contributed by atoms with Gasteiger partial charge in [0.25, 0.3) is 0 Å². The predicted octanol–water partition coefficient (Wildman–Crippen LogP) is 2.34. The maximum atomic E-state index is 13.4. The van der Waals surface area contributed by atoms with Crippen LogP contribution < -0.4 is 20.5 Å². The second kappa shape index (κ2) is 7.70. The van der Waals surface area contributed by atoms with E-state index in [0.29, 0.717) is 51.6 Å². The molecule has 0 bridgehead atoms. The Hall–Kier alpha value is -2.02. The van der Waals surface area contributed by atoms with Gasteiger partial charge >= 0.3 is 0 Å². The van der Waals surface area contributed by atoms with Crippen LogP contribution in [0.2, 0.25) is 0 Å². The average molecular weight is 337 g/mol. The van der Waals surface area contributed by atoms with Crippen LogP contribution in [-0.2, 0) is 4.74 Å². The van der Waals surface area contributed by atoms with Crippen LogP contribution in [0.4, 0.5) is 10.1 Å². The predicted molar refractivity (Wildman–Crippen MR) is 90.6 cm³/mol. The number of halogens is 1. The number of alkyl halides is 1. The summed E-state index contributed by atoms with van der Waals surface area (Å²) in [7, 11) is 0. The van der Waals surface area contributed by atoms with Gasteiger partial charge in [0.2, 0.25) is 0 Å². The highest BCUT2D eigenvalue weighted by molar-refractivity contribution is 5.92. The molecule has 2 aliphatic heterocycles. The van der Waals surface area contributed by atoms with Gasteiger partial charge in [-0.2, -0.15) is 0 Å². The molecule has 1 aromatic rings. The van der Waals surface area contributed by atoms with Gasteiger partial charge in [-0.15, -0.1) is 0 Å². The number of rotatable bonds is 4. The fourth-order valence-electron chi connectivity index (χ4n) is 2.82. The summed E-state index contributed by atoms with van der Waals surface area (Å²) in [6.07, 6.45) is 2.20. The minimum Gasteiger partial charge on any atom is -0.490 e. The third kappa shape index (κ3) is 4.08.